The Morgan fingerprint density at radius 3 is 2.83 bits per heavy atom. The minimum Gasteiger partial charge on any atom is -0.496 e. The van der Waals surface area contributed by atoms with Gasteiger partial charge in [0, 0.05) is 24.3 Å². The smallest absolute Gasteiger partial charge is 0.234 e. The molecule has 1 aromatic heterocycles. The summed E-state index contributed by atoms with van der Waals surface area (Å²) in [5, 5.41) is 2.92. The normalized spacial score (nSPS) is 12.0. The van der Waals surface area contributed by atoms with Crippen LogP contribution in [-0.4, -0.2) is 41.5 Å². The molecule has 1 heterocycles. The predicted molar refractivity (Wildman–Crippen MR) is 87.9 cm³/mol. The molecule has 1 atom stereocenters. The van der Waals surface area contributed by atoms with Gasteiger partial charge in [-0.25, -0.2) is 9.97 Å². The number of ether oxygens (including phenoxy) is 1. The molecule has 0 unspecified atom stereocenters. The molecule has 23 heavy (non-hydrogen) atoms. The molecular formula is C17H22N4O2. The zero-order valence-electron chi connectivity index (χ0n) is 13.7. The van der Waals surface area contributed by atoms with Crippen molar-refractivity contribution >= 4 is 5.91 Å². The highest BCUT2D eigenvalue weighted by Gasteiger charge is 2.16. The number of carbonyl (C=O) groups excluding carboxylic acids is 1. The fraction of sp³-hybridized carbons (Fsp3) is 0.353. The molecule has 1 amide bonds. The van der Waals surface area contributed by atoms with Crippen molar-refractivity contribution in [3.63, 3.8) is 0 Å². The van der Waals surface area contributed by atoms with E-state index in [1.54, 1.807) is 13.3 Å². The summed E-state index contributed by atoms with van der Waals surface area (Å²) in [7, 11) is 3.52. The molecule has 0 aliphatic heterocycles. The first kappa shape index (κ1) is 16.9. The zero-order valence-corrected chi connectivity index (χ0v) is 13.7. The standard InChI is InChI=1S/C17H22N4O2/c1-13(15-8-9-18-12-20-15)21(2)11-17(22)19-10-14-6-4-5-7-16(14)23-3/h4-9,12-13H,10-11H2,1-3H3,(H,19,22)/t13-/m0/s1. The molecule has 0 aliphatic carbocycles. The Hall–Kier alpha value is -2.47. The Bertz CT molecular complexity index is 634. The summed E-state index contributed by atoms with van der Waals surface area (Å²) in [5.41, 5.74) is 1.84. The van der Waals surface area contributed by atoms with E-state index in [-0.39, 0.29) is 11.9 Å². The number of nitrogens with one attached hydrogen (secondary N) is 1. The molecule has 2 rings (SSSR count). The van der Waals surface area contributed by atoms with Crippen molar-refractivity contribution in [2.75, 3.05) is 20.7 Å². The monoisotopic (exact) mass is 314 g/mol. The minimum atomic E-state index is -0.0423. The van der Waals surface area contributed by atoms with Crippen molar-refractivity contribution < 1.29 is 9.53 Å². The predicted octanol–water partition coefficient (Wildman–Crippen LogP) is 1.79. The summed E-state index contributed by atoms with van der Waals surface area (Å²) in [6.07, 6.45) is 3.22. The summed E-state index contributed by atoms with van der Waals surface area (Å²) in [6.45, 7) is 2.74. The summed E-state index contributed by atoms with van der Waals surface area (Å²) in [6, 6.07) is 9.54. The Morgan fingerprint density at radius 1 is 1.35 bits per heavy atom. The number of hydrogen-bond acceptors (Lipinski definition) is 5. The lowest BCUT2D eigenvalue weighted by atomic mass is 10.2. The second-order valence-corrected chi connectivity index (χ2v) is 5.31. The van der Waals surface area contributed by atoms with E-state index in [2.05, 4.69) is 15.3 Å². The maximum Gasteiger partial charge on any atom is 0.234 e. The Kier molecular flexibility index (Phi) is 6.05. The van der Waals surface area contributed by atoms with Gasteiger partial charge in [0.2, 0.25) is 5.91 Å². The Morgan fingerprint density at radius 2 is 2.13 bits per heavy atom. The lowest BCUT2D eigenvalue weighted by molar-refractivity contribution is -0.122. The van der Waals surface area contributed by atoms with Crippen molar-refractivity contribution in [2.45, 2.75) is 19.5 Å². The van der Waals surface area contributed by atoms with Crippen LogP contribution in [0.3, 0.4) is 0 Å². The van der Waals surface area contributed by atoms with Gasteiger partial charge in [0.05, 0.1) is 19.3 Å². The van der Waals surface area contributed by atoms with E-state index in [1.165, 1.54) is 6.33 Å². The first-order chi connectivity index (χ1) is 11.1. The van der Waals surface area contributed by atoms with E-state index < -0.39 is 0 Å². The topological polar surface area (TPSA) is 67.3 Å². The van der Waals surface area contributed by atoms with Crippen LogP contribution in [0.15, 0.2) is 42.9 Å². The quantitative estimate of drug-likeness (QED) is 0.844. The molecule has 6 nitrogen and oxygen atoms in total. The van der Waals surface area contributed by atoms with Crippen molar-refractivity contribution in [3.8, 4) is 5.75 Å². The molecule has 0 saturated heterocycles. The number of benzene rings is 1. The number of aromatic nitrogens is 2. The fourth-order valence-electron chi connectivity index (χ4n) is 2.24. The highest BCUT2D eigenvalue weighted by atomic mass is 16.5. The second-order valence-electron chi connectivity index (χ2n) is 5.31. The van der Waals surface area contributed by atoms with Crippen LogP contribution in [0, 0.1) is 0 Å². The molecule has 0 fully saturated rings. The number of para-hydroxylation sites is 1. The Labute approximate surface area is 136 Å². The third-order valence-electron chi connectivity index (χ3n) is 3.76. The minimum absolute atomic E-state index is 0.0370. The molecule has 0 aliphatic rings. The van der Waals surface area contributed by atoms with Gasteiger partial charge in [-0.3, -0.25) is 9.69 Å². The number of amides is 1. The molecule has 0 bridgehead atoms. The van der Waals surface area contributed by atoms with Gasteiger partial charge in [-0.1, -0.05) is 18.2 Å². The van der Waals surface area contributed by atoms with Crippen LogP contribution in [0.2, 0.25) is 0 Å². The van der Waals surface area contributed by atoms with Gasteiger partial charge < -0.3 is 10.1 Å². The molecule has 0 saturated carbocycles. The molecule has 122 valence electrons. The molecule has 1 N–H and O–H groups in total. The lowest BCUT2D eigenvalue weighted by Gasteiger charge is -2.23. The fourth-order valence-corrected chi connectivity index (χ4v) is 2.24. The van der Waals surface area contributed by atoms with Gasteiger partial charge in [0.15, 0.2) is 0 Å². The third kappa shape index (κ3) is 4.75. The van der Waals surface area contributed by atoms with Gasteiger partial charge in [-0.05, 0) is 26.1 Å². The number of nitrogens with zero attached hydrogens (tertiary/aromatic N) is 3. The summed E-state index contributed by atoms with van der Waals surface area (Å²) in [4.78, 5) is 22.2. The first-order valence-corrected chi connectivity index (χ1v) is 7.46. The van der Waals surface area contributed by atoms with Crippen LogP contribution in [0.1, 0.15) is 24.2 Å². The highest BCUT2D eigenvalue weighted by molar-refractivity contribution is 5.78. The van der Waals surface area contributed by atoms with Crippen molar-refractivity contribution in [2.24, 2.45) is 0 Å². The van der Waals surface area contributed by atoms with Gasteiger partial charge in [-0.2, -0.15) is 0 Å². The van der Waals surface area contributed by atoms with Gasteiger partial charge in [0.25, 0.3) is 0 Å². The van der Waals surface area contributed by atoms with E-state index in [1.807, 2.05) is 49.2 Å². The van der Waals surface area contributed by atoms with E-state index in [4.69, 9.17) is 4.74 Å². The van der Waals surface area contributed by atoms with Crippen LogP contribution in [0.5, 0.6) is 5.75 Å². The maximum absolute atomic E-state index is 12.1. The maximum atomic E-state index is 12.1. The van der Waals surface area contributed by atoms with Crippen LogP contribution in [-0.2, 0) is 11.3 Å². The van der Waals surface area contributed by atoms with E-state index in [9.17, 15) is 4.79 Å². The van der Waals surface area contributed by atoms with Crippen LogP contribution in [0.25, 0.3) is 0 Å². The second kappa shape index (κ2) is 8.24. The molecule has 1 aromatic carbocycles. The molecular weight excluding hydrogens is 292 g/mol. The number of hydrogen-bond donors (Lipinski definition) is 1. The summed E-state index contributed by atoms with van der Waals surface area (Å²) < 4.78 is 5.28. The zero-order chi connectivity index (χ0) is 16.7. The SMILES string of the molecule is COc1ccccc1CNC(=O)CN(C)[C@@H](C)c1ccncn1. The average Bonchev–Trinajstić information content (AvgIpc) is 2.60. The number of carbonyl (C=O) groups is 1. The highest BCUT2D eigenvalue weighted by Crippen LogP contribution is 2.17. The van der Waals surface area contributed by atoms with Gasteiger partial charge >= 0.3 is 0 Å². The molecule has 2 aromatic rings. The summed E-state index contributed by atoms with van der Waals surface area (Å²) in [5.74, 6) is 0.731. The van der Waals surface area contributed by atoms with Crippen LogP contribution in [0.4, 0.5) is 0 Å². The van der Waals surface area contributed by atoms with Crippen molar-refractivity contribution in [3.05, 3.63) is 54.1 Å². The van der Waals surface area contributed by atoms with Crippen molar-refractivity contribution in [1.29, 1.82) is 0 Å². The number of rotatable bonds is 7. The third-order valence-corrected chi connectivity index (χ3v) is 3.76. The van der Waals surface area contributed by atoms with Crippen molar-refractivity contribution in [1.82, 2.24) is 20.2 Å². The van der Waals surface area contributed by atoms with E-state index in [0.29, 0.717) is 13.1 Å². The van der Waals surface area contributed by atoms with Crippen LogP contribution >= 0.6 is 0 Å². The van der Waals surface area contributed by atoms with Gasteiger partial charge in [0.1, 0.15) is 12.1 Å². The number of methoxy groups -OCH3 is 1. The Balaban J connectivity index is 1.87. The van der Waals surface area contributed by atoms with E-state index >= 15 is 0 Å². The van der Waals surface area contributed by atoms with Gasteiger partial charge in [-0.15, -0.1) is 0 Å². The average molecular weight is 314 g/mol. The molecule has 6 heteroatoms. The number of likely N-dealkylation sites (N-methyl/N-ethyl adjacent to an activating group) is 1. The largest absolute Gasteiger partial charge is 0.496 e. The molecule has 0 spiro atoms. The lowest BCUT2D eigenvalue weighted by Crippen LogP contribution is -2.36. The van der Waals surface area contributed by atoms with Crippen LogP contribution < -0.4 is 10.1 Å². The van der Waals surface area contributed by atoms with E-state index in [0.717, 1.165) is 17.0 Å². The summed E-state index contributed by atoms with van der Waals surface area (Å²) >= 11 is 0. The first-order valence-electron chi connectivity index (χ1n) is 7.46. The molecule has 0 radical (unpaired) electrons.